The summed E-state index contributed by atoms with van der Waals surface area (Å²) in [6, 6.07) is 7.75. The number of alkyl halides is 3. The van der Waals surface area contributed by atoms with Crippen LogP contribution in [0.2, 0.25) is 0 Å². The van der Waals surface area contributed by atoms with E-state index in [0.29, 0.717) is 0 Å². The SMILES string of the molecule is CC(=O)OC[C@H]1O[C@@H](OCc2ccccc2)[C@H](NC(=O)OCC(Cl)(Cl)Cl)[C@@H](OC(C)=O)[C@@H]1OC(C)=O. The van der Waals surface area contributed by atoms with Gasteiger partial charge >= 0.3 is 24.0 Å². The Balaban J connectivity index is 2.38. The van der Waals surface area contributed by atoms with E-state index in [1.165, 1.54) is 6.92 Å². The largest absolute Gasteiger partial charge is 0.463 e. The summed E-state index contributed by atoms with van der Waals surface area (Å²) in [6.07, 6.45) is -6.07. The summed E-state index contributed by atoms with van der Waals surface area (Å²) in [5.74, 6) is -2.12. The summed E-state index contributed by atoms with van der Waals surface area (Å²) in [7, 11) is 0. The number of amides is 1. The summed E-state index contributed by atoms with van der Waals surface area (Å²) in [5, 5.41) is 2.46. The number of hydrogen-bond acceptors (Lipinski definition) is 10. The van der Waals surface area contributed by atoms with Crippen molar-refractivity contribution >= 4 is 58.8 Å². The molecule has 200 valence electrons. The third-order valence-electron chi connectivity index (χ3n) is 4.61. The average Bonchev–Trinajstić information content (AvgIpc) is 2.78. The molecule has 0 spiro atoms. The molecule has 36 heavy (non-hydrogen) atoms. The summed E-state index contributed by atoms with van der Waals surface area (Å²) in [4.78, 5) is 47.7. The van der Waals surface area contributed by atoms with E-state index in [1.54, 1.807) is 24.3 Å². The molecule has 1 aromatic carbocycles. The van der Waals surface area contributed by atoms with E-state index in [4.69, 9.17) is 63.2 Å². The fourth-order valence-electron chi connectivity index (χ4n) is 3.28. The van der Waals surface area contributed by atoms with Gasteiger partial charge in [-0.3, -0.25) is 14.4 Å². The van der Waals surface area contributed by atoms with Crippen LogP contribution >= 0.6 is 34.8 Å². The first-order chi connectivity index (χ1) is 16.9. The van der Waals surface area contributed by atoms with Crippen molar-refractivity contribution < 1.29 is 47.6 Å². The van der Waals surface area contributed by atoms with Crippen molar-refractivity contribution in [1.29, 1.82) is 0 Å². The monoisotopic (exact) mass is 569 g/mol. The zero-order valence-corrected chi connectivity index (χ0v) is 21.9. The predicted molar refractivity (Wildman–Crippen MR) is 126 cm³/mol. The van der Waals surface area contributed by atoms with E-state index in [9.17, 15) is 19.2 Å². The van der Waals surface area contributed by atoms with Crippen LogP contribution in [-0.4, -0.2) is 71.7 Å². The molecule has 11 nitrogen and oxygen atoms in total. The van der Waals surface area contributed by atoms with Crippen molar-refractivity contribution in [2.24, 2.45) is 0 Å². The van der Waals surface area contributed by atoms with Crippen LogP contribution in [0.15, 0.2) is 30.3 Å². The maximum Gasteiger partial charge on any atom is 0.407 e. The summed E-state index contributed by atoms with van der Waals surface area (Å²) < 4.78 is 30.7. The number of hydrogen-bond donors (Lipinski definition) is 1. The maximum atomic E-state index is 12.5. The van der Waals surface area contributed by atoms with Crippen molar-refractivity contribution in [1.82, 2.24) is 5.32 Å². The van der Waals surface area contributed by atoms with Gasteiger partial charge in [-0.25, -0.2) is 4.79 Å². The Morgan fingerprint density at radius 2 is 1.53 bits per heavy atom. The highest BCUT2D eigenvalue weighted by molar-refractivity contribution is 6.67. The lowest BCUT2D eigenvalue weighted by Crippen LogP contribution is -2.66. The van der Waals surface area contributed by atoms with Crippen molar-refractivity contribution in [2.45, 2.75) is 61.8 Å². The van der Waals surface area contributed by atoms with Crippen LogP contribution < -0.4 is 5.32 Å². The topological polar surface area (TPSA) is 136 Å². The lowest BCUT2D eigenvalue weighted by atomic mass is 9.96. The molecule has 1 aromatic rings. The van der Waals surface area contributed by atoms with E-state index in [-0.39, 0.29) is 13.2 Å². The summed E-state index contributed by atoms with van der Waals surface area (Å²) in [5.41, 5.74) is 0.765. The smallest absolute Gasteiger partial charge is 0.407 e. The highest BCUT2D eigenvalue weighted by atomic mass is 35.6. The van der Waals surface area contributed by atoms with E-state index in [0.717, 1.165) is 19.4 Å². The highest BCUT2D eigenvalue weighted by Gasteiger charge is 2.51. The molecule has 1 heterocycles. The van der Waals surface area contributed by atoms with Gasteiger partial charge in [0, 0.05) is 20.8 Å². The van der Waals surface area contributed by atoms with Gasteiger partial charge in [-0.1, -0.05) is 65.1 Å². The molecular weight excluding hydrogens is 545 g/mol. The molecule has 2 rings (SSSR count). The first kappa shape index (κ1) is 29.9. The number of carbonyl (C=O) groups excluding carboxylic acids is 4. The summed E-state index contributed by atoms with van der Waals surface area (Å²) in [6.45, 7) is 2.51. The van der Waals surface area contributed by atoms with E-state index >= 15 is 0 Å². The van der Waals surface area contributed by atoms with Gasteiger partial charge in [0.25, 0.3) is 0 Å². The zero-order chi connectivity index (χ0) is 26.9. The van der Waals surface area contributed by atoms with Crippen molar-refractivity contribution in [3.63, 3.8) is 0 Å². The van der Waals surface area contributed by atoms with Crippen LogP contribution in [0, 0.1) is 0 Å². The highest BCUT2D eigenvalue weighted by Crippen LogP contribution is 2.29. The number of carbonyl (C=O) groups is 4. The van der Waals surface area contributed by atoms with Crippen LogP contribution in [-0.2, 0) is 49.4 Å². The molecule has 1 amide bonds. The van der Waals surface area contributed by atoms with Crippen molar-refractivity contribution in [3.05, 3.63) is 35.9 Å². The number of esters is 3. The second-order valence-corrected chi connectivity index (χ2v) is 10.2. The Labute approximate surface area is 222 Å². The molecule has 0 aromatic heterocycles. The van der Waals surface area contributed by atoms with Gasteiger partial charge in [-0.2, -0.15) is 0 Å². The molecule has 1 fully saturated rings. The van der Waals surface area contributed by atoms with Gasteiger partial charge < -0.3 is 33.7 Å². The second kappa shape index (κ2) is 13.8. The van der Waals surface area contributed by atoms with Crippen LogP contribution in [0.5, 0.6) is 0 Å². The number of halogens is 3. The minimum atomic E-state index is -1.88. The lowest BCUT2D eigenvalue weighted by molar-refractivity contribution is -0.280. The molecule has 1 N–H and O–H groups in total. The molecule has 1 saturated heterocycles. The van der Waals surface area contributed by atoms with Crippen molar-refractivity contribution in [2.75, 3.05) is 13.2 Å². The van der Waals surface area contributed by atoms with Crippen molar-refractivity contribution in [3.8, 4) is 0 Å². The molecule has 5 atom stereocenters. The lowest BCUT2D eigenvalue weighted by Gasteiger charge is -2.44. The molecule has 0 saturated carbocycles. The number of benzene rings is 1. The third kappa shape index (κ3) is 10.4. The molecule has 0 radical (unpaired) electrons. The minimum absolute atomic E-state index is 0.0260. The average molecular weight is 571 g/mol. The number of rotatable bonds is 9. The van der Waals surface area contributed by atoms with E-state index < -0.39 is 65.0 Å². The van der Waals surface area contributed by atoms with E-state index in [1.807, 2.05) is 6.07 Å². The predicted octanol–water partition coefficient (Wildman–Crippen LogP) is 2.82. The fourth-order valence-corrected chi connectivity index (χ4v) is 3.44. The van der Waals surface area contributed by atoms with Gasteiger partial charge in [0.1, 0.15) is 25.4 Å². The first-order valence-corrected chi connectivity index (χ1v) is 11.8. The number of ether oxygens (including phenoxy) is 6. The summed E-state index contributed by atoms with van der Waals surface area (Å²) >= 11 is 16.9. The Kier molecular flexibility index (Phi) is 11.5. The third-order valence-corrected chi connectivity index (χ3v) is 4.94. The van der Waals surface area contributed by atoms with Crippen LogP contribution in [0.1, 0.15) is 26.3 Å². The molecular formula is C22H26Cl3NO10. The molecule has 1 aliphatic heterocycles. The van der Waals surface area contributed by atoms with E-state index in [2.05, 4.69) is 5.32 Å². The Morgan fingerprint density at radius 1 is 0.917 bits per heavy atom. The van der Waals surface area contributed by atoms with Crippen LogP contribution in [0.4, 0.5) is 4.79 Å². The molecule has 0 bridgehead atoms. The van der Waals surface area contributed by atoms with Gasteiger partial charge in [0.2, 0.25) is 3.79 Å². The van der Waals surface area contributed by atoms with Gasteiger partial charge in [0.15, 0.2) is 18.5 Å². The van der Waals surface area contributed by atoms with Crippen LogP contribution in [0.25, 0.3) is 0 Å². The standard InChI is InChI=1S/C22H26Cl3NO10/c1-12(27)31-10-16-18(34-13(2)28)19(35-14(3)29)17(26-21(30)33-11-22(23,24)25)20(36-16)32-9-15-7-5-4-6-8-15/h4-8,16-20H,9-11H2,1-3H3,(H,26,30)/t16-,17-,18-,19-,20-/m1/s1. The molecule has 1 aliphatic rings. The Hall–Kier alpha value is -2.31. The van der Waals surface area contributed by atoms with Crippen LogP contribution in [0.3, 0.4) is 0 Å². The molecule has 0 unspecified atom stereocenters. The Morgan fingerprint density at radius 3 is 2.08 bits per heavy atom. The maximum absolute atomic E-state index is 12.5. The normalized spacial score (nSPS) is 23.8. The number of alkyl carbamates (subject to hydrolysis) is 1. The number of nitrogens with one attached hydrogen (secondary N) is 1. The second-order valence-electron chi connectivity index (χ2n) is 7.65. The van der Waals surface area contributed by atoms with Gasteiger partial charge in [0.05, 0.1) is 6.61 Å². The fraction of sp³-hybridized carbons (Fsp3) is 0.545. The zero-order valence-electron chi connectivity index (χ0n) is 19.6. The molecule has 0 aliphatic carbocycles. The van der Waals surface area contributed by atoms with Gasteiger partial charge in [-0.15, -0.1) is 0 Å². The van der Waals surface area contributed by atoms with Gasteiger partial charge in [-0.05, 0) is 5.56 Å². The quantitative estimate of drug-likeness (QED) is 0.268. The minimum Gasteiger partial charge on any atom is -0.463 e. The molecule has 14 heteroatoms. The Bertz CT molecular complexity index is 911. The first-order valence-electron chi connectivity index (χ1n) is 10.6.